The first-order chi connectivity index (χ1) is 28.0. The summed E-state index contributed by atoms with van der Waals surface area (Å²) in [5.74, 6) is 2.26. The van der Waals surface area contributed by atoms with Crippen LogP contribution in [0.15, 0.2) is 103 Å². The van der Waals surface area contributed by atoms with Gasteiger partial charge in [-0.05, 0) is 70.5 Å². The number of hydrogen-bond donors (Lipinski definition) is 3. The van der Waals surface area contributed by atoms with Crippen molar-refractivity contribution in [1.82, 2.24) is 51.1 Å². The predicted molar refractivity (Wildman–Crippen MR) is 217 cm³/mol. The van der Waals surface area contributed by atoms with Crippen molar-refractivity contribution in [2.24, 2.45) is 0 Å². The molecule has 1 saturated carbocycles. The maximum atomic E-state index is 11.5. The molecule has 57 heavy (non-hydrogen) atoms. The number of aryl methyl sites for hydroxylation is 2. The van der Waals surface area contributed by atoms with Gasteiger partial charge in [-0.1, -0.05) is 116 Å². The van der Waals surface area contributed by atoms with Gasteiger partial charge in [0, 0.05) is 42.0 Å². The fourth-order valence-electron chi connectivity index (χ4n) is 7.73. The molecule has 13 nitrogen and oxygen atoms in total. The summed E-state index contributed by atoms with van der Waals surface area (Å²) in [6, 6.07) is 35.2. The molecule has 1 aliphatic carbocycles. The van der Waals surface area contributed by atoms with E-state index in [0.29, 0.717) is 42.3 Å². The molecule has 1 atom stereocenters. The summed E-state index contributed by atoms with van der Waals surface area (Å²) in [5, 5.41) is 40.8. The molecule has 1 aliphatic rings. The third-order valence-corrected chi connectivity index (χ3v) is 10.5. The number of nitrogens with zero attached hydrogens (tertiary/aromatic N) is 8. The average molecular weight is 763 g/mol. The van der Waals surface area contributed by atoms with Gasteiger partial charge in [0.1, 0.15) is 19.3 Å². The second-order valence-corrected chi connectivity index (χ2v) is 14.6. The first-order valence-corrected chi connectivity index (χ1v) is 19.5. The Bertz CT molecular complexity index is 2340. The number of aliphatic hydroxyl groups is 1. The average Bonchev–Trinajstić information content (AvgIpc) is 4.00. The minimum absolute atomic E-state index is 0.117. The van der Waals surface area contributed by atoms with Gasteiger partial charge in [0.05, 0.1) is 5.69 Å². The number of aromatic amines is 2. The molecule has 3 aromatic heterocycles. The molecule has 3 heterocycles. The third kappa shape index (κ3) is 9.06. The molecule has 0 aliphatic heterocycles. The lowest BCUT2D eigenvalue weighted by Gasteiger charge is -2.35. The van der Waals surface area contributed by atoms with Crippen LogP contribution in [0.5, 0.6) is 11.5 Å². The Kier molecular flexibility index (Phi) is 11.6. The van der Waals surface area contributed by atoms with Crippen molar-refractivity contribution >= 4 is 0 Å². The van der Waals surface area contributed by atoms with Gasteiger partial charge >= 0.3 is 0 Å². The first kappa shape index (κ1) is 37.6. The molecule has 1 unspecified atom stereocenters. The Labute approximate surface area is 331 Å². The quantitative estimate of drug-likeness (QED) is 0.0945. The Morgan fingerprint density at radius 2 is 1.26 bits per heavy atom. The molecule has 3 N–H and O–H groups in total. The van der Waals surface area contributed by atoms with Crippen LogP contribution < -0.4 is 9.47 Å². The predicted octanol–water partition coefficient (Wildman–Crippen LogP) is 7.55. The van der Waals surface area contributed by atoms with E-state index in [1.54, 1.807) is 0 Å². The molecule has 13 heteroatoms. The molecule has 0 radical (unpaired) electrons. The summed E-state index contributed by atoms with van der Waals surface area (Å²) in [7, 11) is 0. The summed E-state index contributed by atoms with van der Waals surface area (Å²) < 4.78 is 12.7. The van der Waals surface area contributed by atoms with Crippen LogP contribution in [0.25, 0.3) is 45.0 Å². The molecule has 0 amide bonds. The van der Waals surface area contributed by atoms with Crippen LogP contribution in [0.1, 0.15) is 54.6 Å². The van der Waals surface area contributed by atoms with Gasteiger partial charge < -0.3 is 14.6 Å². The van der Waals surface area contributed by atoms with E-state index in [2.05, 4.69) is 106 Å². The van der Waals surface area contributed by atoms with Crippen LogP contribution in [0, 0.1) is 13.8 Å². The number of rotatable bonds is 15. The van der Waals surface area contributed by atoms with Crippen LogP contribution in [-0.2, 0) is 13.2 Å². The monoisotopic (exact) mass is 762 g/mol. The van der Waals surface area contributed by atoms with Gasteiger partial charge in [0.2, 0.25) is 11.6 Å². The summed E-state index contributed by atoms with van der Waals surface area (Å²) >= 11 is 0. The number of aliphatic hydroxyl groups excluding tert-OH is 1. The van der Waals surface area contributed by atoms with Crippen molar-refractivity contribution in [3.8, 4) is 56.5 Å². The Morgan fingerprint density at radius 3 is 1.82 bits per heavy atom. The van der Waals surface area contributed by atoms with E-state index in [-0.39, 0.29) is 6.61 Å². The van der Waals surface area contributed by atoms with E-state index in [0.717, 1.165) is 69.7 Å². The molecule has 290 valence electrons. The maximum Gasteiger partial charge on any atom is 0.205 e. The van der Waals surface area contributed by atoms with Gasteiger partial charge in [-0.2, -0.15) is 10.4 Å². The van der Waals surface area contributed by atoms with Gasteiger partial charge in [-0.15, -0.1) is 20.4 Å². The number of tetrazole rings is 2. The lowest BCUT2D eigenvalue weighted by Crippen LogP contribution is -2.42. The number of pyridine rings is 1. The van der Waals surface area contributed by atoms with Crippen molar-refractivity contribution in [2.45, 2.75) is 71.2 Å². The largest absolute Gasteiger partial charge is 0.485 e. The van der Waals surface area contributed by atoms with Gasteiger partial charge in [0.25, 0.3) is 0 Å². The standard InChI is InChI=1S/C44H46N10O3/c1-29-24-41(56-27-32-18-22-34(23-19-32)38-13-7-9-15-40(38)44-48-52-53-49-44)42(30(2)45-29)57-28-36(55)26-54(35-10-4-3-5-11-35)25-31-16-20-33(21-17-31)37-12-6-8-14-39(37)43-46-50-51-47-43/h6-9,12-24,35-36,55H,3-5,10-11,25-28H2,1-2H3,(H,46,47,50,51)(H,48,49,52,53). The highest BCUT2D eigenvalue weighted by molar-refractivity contribution is 5.81. The van der Waals surface area contributed by atoms with E-state index < -0.39 is 6.10 Å². The Hall–Kier alpha value is -6.31. The second-order valence-electron chi connectivity index (χ2n) is 14.6. The SMILES string of the molecule is Cc1cc(OCc2ccc(-c3ccccc3-c3nn[nH]n3)cc2)c(OCC(O)CN(Cc2ccc(-c3ccccc3-c3nn[nH]n3)cc2)C2CCCCC2)c(C)n1. The number of nitrogens with one attached hydrogen (secondary N) is 2. The molecule has 0 saturated heterocycles. The molecule has 0 spiro atoms. The molecule has 1 fully saturated rings. The smallest absolute Gasteiger partial charge is 0.205 e. The van der Waals surface area contributed by atoms with Crippen molar-refractivity contribution in [3.05, 3.63) is 126 Å². The molecule has 0 bridgehead atoms. The van der Waals surface area contributed by atoms with Gasteiger partial charge in [-0.3, -0.25) is 9.88 Å². The fraction of sp³-hybridized carbons (Fsp3) is 0.295. The van der Waals surface area contributed by atoms with Crippen molar-refractivity contribution in [3.63, 3.8) is 0 Å². The first-order valence-electron chi connectivity index (χ1n) is 19.5. The topological polar surface area (TPSA) is 164 Å². The van der Waals surface area contributed by atoms with E-state index in [4.69, 9.17) is 9.47 Å². The Morgan fingerprint density at radius 1 is 0.702 bits per heavy atom. The lowest BCUT2D eigenvalue weighted by molar-refractivity contribution is 0.0387. The van der Waals surface area contributed by atoms with Crippen molar-refractivity contribution in [1.29, 1.82) is 0 Å². The molecule has 8 rings (SSSR count). The number of aromatic nitrogens is 9. The van der Waals surface area contributed by atoms with E-state index >= 15 is 0 Å². The fourth-order valence-corrected chi connectivity index (χ4v) is 7.73. The van der Waals surface area contributed by atoms with Crippen LogP contribution in [0.2, 0.25) is 0 Å². The molecule has 7 aromatic rings. The van der Waals surface area contributed by atoms with E-state index in [1.807, 2.05) is 62.4 Å². The van der Waals surface area contributed by atoms with E-state index in [9.17, 15) is 5.11 Å². The zero-order valence-electron chi connectivity index (χ0n) is 32.2. The summed E-state index contributed by atoms with van der Waals surface area (Å²) in [5.41, 5.74) is 9.74. The van der Waals surface area contributed by atoms with Crippen LogP contribution in [0.4, 0.5) is 0 Å². The number of benzene rings is 4. The minimum atomic E-state index is -0.718. The van der Waals surface area contributed by atoms with Crippen molar-refractivity contribution in [2.75, 3.05) is 13.2 Å². The van der Waals surface area contributed by atoms with E-state index in [1.165, 1.54) is 24.8 Å². The summed E-state index contributed by atoms with van der Waals surface area (Å²) in [6.45, 7) is 5.53. The highest BCUT2D eigenvalue weighted by atomic mass is 16.5. The van der Waals surface area contributed by atoms with Crippen LogP contribution in [-0.4, -0.2) is 81.5 Å². The normalized spacial score (nSPS) is 13.8. The van der Waals surface area contributed by atoms with Crippen molar-refractivity contribution < 1.29 is 14.6 Å². The number of H-pyrrole nitrogens is 2. The van der Waals surface area contributed by atoms with Gasteiger partial charge in [0.15, 0.2) is 11.5 Å². The highest BCUT2D eigenvalue weighted by Gasteiger charge is 2.25. The minimum Gasteiger partial charge on any atom is -0.485 e. The molecular weight excluding hydrogens is 717 g/mol. The number of hydrogen-bond acceptors (Lipinski definition) is 11. The lowest BCUT2D eigenvalue weighted by atomic mass is 9.93. The maximum absolute atomic E-state index is 11.5. The summed E-state index contributed by atoms with van der Waals surface area (Å²) in [4.78, 5) is 7.08. The highest BCUT2D eigenvalue weighted by Crippen LogP contribution is 2.34. The Balaban J connectivity index is 0.921. The number of ether oxygens (including phenoxy) is 2. The second kappa shape index (κ2) is 17.7. The third-order valence-electron chi connectivity index (χ3n) is 10.5. The summed E-state index contributed by atoms with van der Waals surface area (Å²) in [6.07, 6.45) is 5.18. The van der Waals surface area contributed by atoms with Crippen LogP contribution in [0.3, 0.4) is 0 Å². The van der Waals surface area contributed by atoms with Gasteiger partial charge in [-0.25, -0.2) is 0 Å². The zero-order valence-corrected chi connectivity index (χ0v) is 32.2. The molecular formula is C44H46N10O3. The molecule has 4 aromatic carbocycles. The van der Waals surface area contributed by atoms with Crippen LogP contribution >= 0.6 is 0 Å². The zero-order chi connectivity index (χ0) is 39.0.